The molecule has 1 aliphatic rings. The Bertz CT molecular complexity index is 1460. The van der Waals surface area contributed by atoms with E-state index in [9.17, 15) is 9.59 Å². The van der Waals surface area contributed by atoms with Crippen molar-refractivity contribution in [2.24, 2.45) is 0 Å². The molecule has 1 saturated heterocycles. The summed E-state index contributed by atoms with van der Waals surface area (Å²) in [7, 11) is 0. The number of hydrogen-bond donors (Lipinski definition) is 2. The Hall–Kier alpha value is -3.14. The second-order valence-corrected chi connectivity index (χ2v) is 9.37. The Morgan fingerprint density at radius 2 is 1.94 bits per heavy atom. The highest BCUT2D eigenvalue weighted by atomic mass is 35.5. The molecule has 0 radical (unpaired) electrons. The quantitative estimate of drug-likeness (QED) is 0.376. The Kier molecular flexibility index (Phi) is 7.82. The Morgan fingerprint density at radius 1 is 1.17 bits per heavy atom. The number of nitrogens with one attached hydrogen (secondary N) is 2. The largest absolute Gasteiger partial charge is 0.352 e. The predicted molar refractivity (Wildman–Crippen MR) is 142 cm³/mol. The third kappa shape index (κ3) is 5.18. The smallest absolute Gasteiger partial charge is 0.278 e. The molecule has 0 spiro atoms. The van der Waals surface area contributed by atoms with E-state index < -0.39 is 0 Å². The summed E-state index contributed by atoms with van der Waals surface area (Å²) in [6.07, 6.45) is 6.28. The summed E-state index contributed by atoms with van der Waals surface area (Å²) in [4.78, 5) is 39.0. The number of pyridine rings is 1. The van der Waals surface area contributed by atoms with Gasteiger partial charge in [-0.3, -0.25) is 24.2 Å². The number of aromatic amines is 1. The number of aryl methyl sites for hydroxylation is 1. The number of benzene rings is 1. The van der Waals surface area contributed by atoms with E-state index in [1.807, 2.05) is 24.0 Å². The van der Waals surface area contributed by atoms with Crippen LogP contribution in [-0.2, 0) is 6.54 Å². The van der Waals surface area contributed by atoms with Gasteiger partial charge in [0.05, 0.1) is 27.8 Å². The third-order valence-corrected chi connectivity index (χ3v) is 7.01. The van der Waals surface area contributed by atoms with Gasteiger partial charge >= 0.3 is 0 Å². The highest BCUT2D eigenvalue weighted by molar-refractivity contribution is 6.42. The minimum absolute atomic E-state index is 0. The summed E-state index contributed by atoms with van der Waals surface area (Å²) in [5.74, 6) is 0.331. The van der Waals surface area contributed by atoms with Crippen molar-refractivity contribution < 1.29 is 4.79 Å². The summed E-state index contributed by atoms with van der Waals surface area (Å²) < 4.78 is 1.74. The van der Waals surface area contributed by atoms with Gasteiger partial charge in [0.25, 0.3) is 11.5 Å². The standard InChI is InChI=1S/C24H23Cl2N7O2.ClH/c1-14-4-7-27-12-17(14)23(35)32-8-5-16(6-9-32)33-21-20(13-29-33)30-24(31-22(21)34)28-11-15-2-3-18(25)19(26)10-15;/h2-4,7,10,12-13,16H,5-6,8-9,11H2,1H3,(H2,28,30,31,34);1H. The van der Waals surface area contributed by atoms with Crippen LogP contribution in [0.25, 0.3) is 11.0 Å². The number of anilines is 1. The van der Waals surface area contributed by atoms with Crippen molar-refractivity contribution >= 4 is 58.5 Å². The molecule has 3 aromatic heterocycles. The molecule has 1 aromatic carbocycles. The molecule has 0 bridgehead atoms. The average Bonchev–Trinajstić information content (AvgIpc) is 3.29. The van der Waals surface area contributed by atoms with Crippen molar-refractivity contribution in [2.45, 2.75) is 32.4 Å². The van der Waals surface area contributed by atoms with E-state index in [2.05, 4.69) is 25.4 Å². The fourth-order valence-electron chi connectivity index (χ4n) is 4.34. The Balaban J connectivity index is 0.00000304. The third-order valence-electron chi connectivity index (χ3n) is 6.27. The van der Waals surface area contributed by atoms with Crippen molar-refractivity contribution in [1.29, 1.82) is 0 Å². The van der Waals surface area contributed by atoms with E-state index in [-0.39, 0.29) is 29.9 Å². The first-order valence-electron chi connectivity index (χ1n) is 11.3. The first kappa shape index (κ1) is 25.9. The first-order valence-corrected chi connectivity index (χ1v) is 12.0. The van der Waals surface area contributed by atoms with Gasteiger partial charge in [0.1, 0.15) is 5.52 Å². The number of hydrogen-bond acceptors (Lipinski definition) is 6. The van der Waals surface area contributed by atoms with Crippen molar-refractivity contribution in [2.75, 3.05) is 18.4 Å². The lowest BCUT2D eigenvalue weighted by atomic mass is 10.0. The van der Waals surface area contributed by atoms with Crippen LogP contribution in [0.4, 0.5) is 5.95 Å². The van der Waals surface area contributed by atoms with Crippen LogP contribution in [0.3, 0.4) is 0 Å². The number of likely N-dealkylation sites (tertiary alicyclic amines) is 1. The van der Waals surface area contributed by atoms with Gasteiger partial charge in [-0.1, -0.05) is 29.3 Å². The van der Waals surface area contributed by atoms with Crippen LogP contribution in [0.2, 0.25) is 10.0 Å². The number of carbonyl (C=O) groups is 1. The number of aromatic nitrogens is 5. The van der Waals surface area contributed by atoms with Gasteiger partial charge in [0, 0.05) is 32.0 Å². The predicted octanol–water partition coefficient (Wildman–Crippen LogP) is 4.64. The summed E-state index contributed by atoms with van der Waals surface area (Å²) >= 11 is 12.0. The summed E-state index contributed by atoms with van der Waals surface area (Å²) in [5, 5.41) is 8.53. The summed E-state index contributed by atoms with van der Waals surface area (Å²) in [6, 6.07) is 7.18. The summed E-state index contributed by atoms with van der Waals surface area (Å²) in [6.45, 7) is 3.48. The van der Waals surface area contributed by atoms with Gasteiger partial charge in [-0.2, -0.15) is 5.10 Å². The van der Waals surface area contributed by atoms with Crippen LogP contribution >= 0.6 is 35.6 Å². The lowest BCUT2D eigenvalue weighted by Gasteiger charge is -2.32. The van der Waals surface area contributed by atoms with Crippen LogP contribution in [0.5, 0.6) is 0 Å². The fraction of sp³-hybridized carbons (Fsp3) is 0.292. The van der Waals surface area contributed by atoms with Crippen molar-refractivity contribution in [3.63, 3.8) is 0 Å². The molecule has 36 heavy (non-hydrogen) atoms. The van der Waals surface area contributed by atoms with Crippen molar-refractivity contribution in [1.82, 2.24) is 29.6 Å². The van der Waals surface area contributed by atoms with Crippen molar-refractivity contribution in [3.05, 3.63) is 79.9 Å². The molecule has 12 heteroatoms. The van der Waals surface area contributed by atoms with Gasteiger partial charge in [0.2, 0.25) is 5.95 Å². The molecule has 0 saturated carbocycles. The molecule has 0 aliphatic carbocycles. The Morgan fingerprint density at radius 3 is 2.67 bits per heavy atom. The molecule has 1 aliphatic heterocycles. The van der Waals surface area contributed by atoms with Gasteiger partial charge < -0.3 is 10.2 Å². The maximum atomic E-state index is 12.9. The number of carbonyl (C=O) groups excluding carboxylic acids is 1. The number of halogens is 3. The highest BCUT2D eigenvalue weighted by Crippen LogP contribution is 2.26. The minimum Gasteiger partial charge on any atom is -0.352 e. The number of piperidine rings is 1. The van der Waals surface area contributed by atoms with E-state index in [4.69, 9.17) is 23.2 Å². The highest BCUT2D eigenvalue weighted by Gasteiger charge is 2.27. The van der Waals surface area contributed by atoms with Crippen LogP contribution in [0.15, 0.2) is 47.7 Å². The van der Waals surface area contributed by atoms with Crippen LogP contribution in [0, 0.1) is 6.92 Å². The van der Waals surface area contributed by atoms with Crippen LogP contribution < -0.4 is 10.9 Å². The van der Waals surface area contributed by atoms with E-state index in [1.165, 1.54) is 0 Å². The lowest BCUT2D eigenvalue weighted by molar-refractivity contribution is 0.0690. The number of amides is 1. The van der Waals surface area contributed by atoms with Crippen LogP contribution in [-0.4, -0.2) is 48.6 Å². The number of fused-ring (bicyclic) bond motifs is 1. The molecule has 4 aromatic rings. The molecule has 4 heterocycles. The first-order chi connectivity index (χ1) is 16.9. The molecule has 9 nitrogen and oxygen atoms in total. The molecule has 2 N–H and O–H groups in total. The topological polar surface area (TPSA) is 109 Å². The second-order valence-electron chi connectivity index (χ2n) is 8.55. The SMILES string of the molecule is Cc1ccncc1C(=O)N1CCC(n2ncc3nc(NCc4ccc(Cl)c(Cl)c4)[nH]c(=O)c32)CC1.Cl. The zero-order valence-electron chi connectivity index (χ0n) is 19.4. The number of nitrogens with zero attached hydrogens (tertiary/aromatic N) is 5. The molecule has 5 rings (SSSR count). The molecular weight excluding hydrogens is 525 g/mol. The van der Waals surface area contributed by atoms with E-state index >= 15 is 0 Å². The van der Waals surface area contributed by atoms with E-state index in [0.29, 0.717) is 65.1 Å². The molecule has 0 atom stereocenters. The zero-order chi connectivity index (χ0) is 24.5. The molecule has 0 unspecified atom stereocenters. The minimum atomic E-state index is -0.270. The van der Waals surface area contributed by atoms with Gasteiger partial charge in [-0.05, 0) is 49.1 Å². The zero-order valence-corrected chi connectivity index (χ0v) is 21.7. The van der Waals surface area contributed by atoms with Gasteiger partial charge in [0.15, 0.2) is 5.52 Å². The van der Waals surface area contributed by atoms with E-state index in [0.717, 1.165) is 11.1 Å². The monoisotopic (exact) mass is 547 g/mol. The lowest BCUT2D eigenvalue weighted by Crippen LogP contribution is -2.39. The fourth-order valence-corrected chi connectivity index (χ4v) is 4.66. The molecule has 1 amide bonds. The number of rotatable bonds is 5. The van der Waals surface area contributed by atoms with E-state index in [1.54, 1.807) is 35.4 Å². The number of H-pyrrole nitrogens is 1. The average molecular weight is 549 g/mol. The van der Waals surface area contributed by atoms with Gasteiger partial charge in [-0.25, -0.2) is 4.98 Å². The molecular formula is C24H24Cl3N7O2. The maximum Gasteiger partial charge on any atom is 0.278 e. The Labute approximate surface area is 223 Å². The molecule has 188 valence electrons. The molecule has 1 fully saturated rings. The van der Waals surface area contributed by atoms with Gasteiger partial charge in [-0.15, -0.1) is 12.4 Å². The normalized spacial score (nSPS) is 14.0. The van der Waals surface area contributed by atoms with Crippen molar-refractivity contribution in [3.8, 4) is 0 Å². The van der Waals surface area contributed by atoms with Crippen LogP contribution in [0.1, 0.15) is 40.4 Å². The summed E-state index contributed by atoms with van der Waals surface area (Å²) in [5.41, 5.74) is 3.10. The second kappa shape index (κ2) is 10.9. The maximum absolute atomic E-state index is 12.9.